The first-order chi connectivity index (χ1) is 15.5. The van der Waals surface area contributed by atoms with Gasteiger partial charge in [0, 0.05) is 30.4 Å². The van der Waals surface area contributed by atoms with Crippen molar-refractivity contribution in [2.45, 2.75) is 71.2 Å². The first-order valence-corrected chi connectivity index (χ1v) is 11.1. The zero-order chi connectivity index (χ0) is 24.7. The molecule has 6 nitrogen and oxygen atoms in total. The van der Waals surface area contributed by atoms with Crippen molar-refractivity contribution in [3.8, 4) is 11.1 Å². The van der Waals surface area contributed by atoms with Crippen LogP contribution in [0.4, 0.5) is 4.39 Å². The van der Waals surface area contributed by atoms with Crippen LogP contribution in [0.1, 0.15) is 74.9 Å². The number of benzene rings is 1. The van der Waals surface area contributed by atoms with Crippen molar-refractivity contribution in [1.82, 2.24) is 4.98 Å². The summed E-state index contributed by atoms with van der Waals surface area (Å²) in [5.74, 6) is -1.28. The summed E-state index contributed by atoms with van der Waals surface area (Å²) in [5.41, 5.74) is 5.05. The van der Waals surface area contributed by atoms with Gasteiger partial charge in [0.1, 0.15) is 5.82 Å². The highest BCUT2D eigenvalue weighted by Gasteiger charge is 2.23. The van der Waals surface area contributed by atoms with Gasteiger partial charge in [-0.05, 0) is 35.1 Å². The van der Waals surface area contributed by atoms with E-state index in [9.17, 15) is 19.4 Å². The number of pyridine rings is 1. The molecule has 3 N–H and O–H groups in total. The Labute approximate surface area is 194 Å². The molecular weight excluding hydrogens is 425 g/mol. The number of carboxylic acid groups (broad SMARTS) is 1. The second kappa shape index (κ2) is 12.0. The normalized spacial score (nSPS) is 13.8. The SMILES string of the molecule is COCc1c(C(C)C)nc(C(C)C)c(/C=C/[C@@H](O)CC(O)CC(=O)O)c1-c1ccc(F)cc1. The Morgan fingerprint density at radius 3 is 2.21 bits per heavy atom. The predicted octanol–water partition coefficient (Wildman–Crippen LogP) is 4.88. The molecule has 180 valence electrons. The van der Waals surface area contributed by atoms with E-state index in [1.165, 1.54) is 18.2 Å². The molecule has 0 bridgehead atoms. The van der Waals surface area contributed by atoms with Gasteiger partial charge in [0.25, 0.3) is 0 Å². The van der Waals surface area contributed by atoms with Crippen LogP contribution in [0.25, 0.3) is 17.2 Å². The smallest absolute Gasteiger partial charge is 0.305 e. The zero-order valence-corrected chi connectivity index (χ0v) is 19.9. The fourth-order valence-corrected chi connectivity index (χ4v) is 3.85. The summed E-state index contributed by atoms with van der Waals surface area (Å²) in [6.07, 6.45) is 0.541. The number of aliphatic hydroxyl groups is 2. The van der Waals surface area contributed by atoms with Gasteiger partial charge in [-0.25, -0.2) is 4.39 Å². The summed E-state index contributed by atoms with van der Waals surface area (Å²) < 4.78 is 19.2. The molecule has 2 atom stereocenters. The average molecular weight is 460 g/mol. The highest BCUT2D eigenvalue weighted by Crippen LogP contribution is 2.37. The van der Waals surface area contributed by atoms with E-state index in [4.69, 9.17) is 14.8 Å². The molecule has 1 aromatic carbocycles. The average Bonchev–Trinajstić information content (AvgIpc) is 2.72. The number of nitrogens with zero attached hydrogens (tertiary/aromatic N) is 1. The van der Waals surface area contributed by atoms with Crippen molar-refractivity contribution in [2.24, 2.45) is 0 Å². The van der Waals surface area contributed by atoms with Crippen molar-refractivity contribution < 1.29 is 29.2 Å². The molecule has 1 unspecified atom stereocenters. The summed E-state index contributed by atoms with van der Waals surface area (Å²) >= 11 is 0. The summed E-state index contributed by atoms with van der Waals surface area (Å²) in [4.78, 5) is 15.8. The molecule has 0 fully saturated rings. The van der Waals surface area contributed by atoms with Gasteiger partial charge < -0.3 is 20.1 Å². The van der Waals surface area contributed by atoms with Crippen LogP contribution in [0, 0.1) is 5.82 Å². The van der Waals surface area contributed by atoms with Crippen molar-refractivity contribution in [3.05, 3.63) is 58.7 Å². The van der Waals surface area contributed by atoms with Crippen LogP contribution >= 0.6 is 0 Å². The minimum atomic E-state index is -1.16. The van der Waals surface area contributed by atoms with E-state index < -0.39 is 24.6 Å². The lowest BCUT2D eigenvalue weighted by molar-refractivity contribution is -0.139. The van der Waals surface area contributed by atoms with E-state index in [2.05, 4.69) is 13.8 Å². The number of halogens is 1. The van der Waals surface area contributed by atoms with Gasteiger partial charge in [0.05, 0.1) is 30.9 Å². The van der Waals surface area contributed by atoms with Crippen molar-refractivity contribution >= 4 is 12.0 Å². The highest BCUT2D eigenvalue weighted by atomic mass is 19.1. The maximum absolute atomic E-state index is 13.7. The van der Waals surface area contributed by atoms with E-state index in [0.29, 0.717) is 6.61 Å². The standard InChI is InChI=1S/C26H34FNO5/c1-15(2)25-21(11-10-19(29)12-20(30)13-23(31)32)24(17-6-8-18(27)9-7-17)22(14-33-5)26(28-25)16(3)4/h6-11,15-16,19-20,29-30H,12-14H2,1-5H3,(H,31,32)/b11-10+/t19-,20?/m1/s1. The molecule has 1 heterocycles. The Morgan fingerprint density at radius 2 is 1.70 bits per heavy atom. The van der Waals surface area contributed by atoms with Gasteiger partial charge in [-0.1, -0.05) is 52.0 Å². The predicted molar refractivity (Wildman–Crippen MR) is 126 cm³/mol. The van der Waals surface area contributed by atoms with E-state index in [1.54, 1.807) is 25.3 Å². The van der Waals surface area contributed by atoms with Gasteiger partial charge in [-0.15, -0.1) is 0 Å². The molecule has 33 heavy (non-hydrogen) atoms. The molecule has 0 amide bonds. The second-order valence-electron chi connectivity index (χ2n) is 8.81. The van der Waals surface area contributed by atoms with Gasteiger partial charge in [-0.3, -0.25) is 9.78 Å². The summed E-state index contributed by atoms with van der Waals surface area (Å²) in [5, 5.41) is 29.1. The summed E-state index contributed by atoms with van der Waals surface area (Å²) in [7, 11) is 1.61. The van der Waals surface area contributed by atoms with Crippen molar-refractivity contribution in [1.29, 1.82) is 0 Å². The molecule has 0 spiro atoms. The molecule has 0 saturated carbocycles. The number of aliphatic hydroxyl groups excluding tert-OH is 2. The second-order valence-corrected chi connectivity index (χ2v) is 8.81. The van der Waals surface area contributed by atoms with Crippen molar-refractivity contribution in [3.63, 3.8) is 0 Å². The van der Waals surface area contributed by atoms with Crippen LogP contribution in [-0.2, 0) is 16.1 Å². The number of hydrogen-bond acceptors (Lipinski definition) is 5. The van der Waals surface area contributed by atoms with Crippen LogP contribution in [0.3, 0.4) is 0 Å². The Morgan fingerprint density at radius 1 is 1.09 bits per heavy atom. The molecular formula is C26H34FNO5. The maximum atomic E-state index is 13.7. The molecule has 0 saturated heterocycles. The first-order valence-electron chi connectivity index (χ1n) is 11.1. The number of carbonyl (C=O) groups is 1. The van der Waals surface area contributed by atoms with Gasteiger partial charge >= 0.3 is 5.97 Å². The fraction of sp³-hybridized carbons (Fsp3) is 0.462. The molecule has 1 aromatic heterocycles. The Balaban J connectivity index is 2.69. The van der Waals surface area contributed by atoms with E-state index in [-0.39, 0.29) is 24.1 Å². The number of hydrogen-bond donors (Lipinski definition) is 3. The third kappa shape index (κ3) is 7.19. The Hall–Kier alpha value is -2.61. The minimum Gasteiger partial charge on any atom is -0.481 e. The van der Waals surface area contributed by atoms with Gasteiger partial charge in [-0.2, -0.15) is 0 Å². The number of aliphatic carboxylic acids is 1. The van der Waals surface area contributed by atoms with Gasteiger partial charge in [0.2, 0.25) is 0 Å². The van der Waals surface area contributed by atoms with Crippen LogP contribution in [0.2, 0.25) is 0 Å². The highest BCUT2D eigenvalue weighted by molar-refractivity contribution is 5.80. The van der Waals surface area contributed by atoms with Crippen LogP contribution in [0.5, 0.6) is 0 Å². The number of methoxy groups -OCH3 is 1. The topological polar surface area (TPSA) is 99.9 Å². The maximum Gasteiger partial charge on any atom is 0.305 e. The molecule has 2 aromatic rings. The van der Waals surface area contributed by atoms with Gasteiger partial charge in [0.15, 0.2) is 0 Å². The monoisotopic (exact) mass is 459 g/mol. The fourth-order valence-electron chi connectivity index (χ4n) is 3.85. The van der Waals surface area contributed by atoms with E-state index in [0.717, 1.165) is 33.6 Å². The quantitative estimate of drug-likeness (QED) is 0.443. The lowest BCUT2D eigenvalue weighted by Crippen LogP contribution is -2.19. The lowest BCUT2D eigenvalue weighted by Gasteiger charge is -2.23. The summed E-state index contributed by atoms with van der Waals surface area (Å²) in [6.45, 7) is 8.49. The molecule has 0 aliphatic carbocycles. The molecule has 0 radical (unpaired) electrons. The minimum absolute atomic E-state index is 0.0627. The number of rotatable bonds is 11. The largest absolute Gasteiger partial charge is 0.481 e. The number of aromatic nitrogens is 1. The number of ether oxygens (including phenoxy) is 1. The Bertz CT molecular complexity index is 970. The summed E-state index contributed by atoms with van der Waals surface area (Å²) in [6, 6.07) is 6.23. The van der Waals surface area contributed by atoms with Crippen LogP contribution < -0.4 is 0 Å². The molecule has 7 heteroatoms. The van der Waals surface area contributed by atoms with Crippen molar-refractivity contribution in [2.75, 3.05) is 7.11 Å². The van der Waals surface area contributed by atoms with E-state index in [1.807, 2.05) is 13.8 Å². The number of carboxylic acids is 1. The zero-order valence-electron chi connectivity index (χ0n) is 19.9. The molecule has 2 rings (SSSR count). The van der Waals surface area contributed by atoms with E-state index >= 15 is 0 Å². The lowest BCUT2D eigenvalue weighted by atomic mass is 9.87. The van der Waals surface area contributed by atoms with Crippen LogP contribution in [0.15, 0.2) is 30.3 Å². The third-order valence-electron chi connectivity index (χ3n) is 5.32. The Kier molecular flexibility index (Phi) is 9.70. The van der Waals surface area contributed by atoms with Crippen LogP contribution in [-0.4, -0.2) is 45.6 Å². The first kappa shape index (κ1) is 26.6. The third-order valence-corrected chi connectivity index (χ3v) is 5.32. The molecule has 0 aliphatic rings. The molecule has 0 aliphatic heterocycles.